The second-order valence-electron chi connectivity index (χ2n) is 11.2. The minimum atomic E-state index is -1.47. The summed E-state index contributed by atoms with van der Waals surface area (Å²) in [5.41, 5.74) is 1.53. The van der Waals surface area contributed by atoms with E-state index in [0.717, 1.165) is 22.3 Å². The fourth-order valence-corrected chi connectivity index (χ4v) is 4.21. The van der Waals surface area contributed by atoms with Crippen molar-refractivity contribution in [1.82, 2.24) is 30.2 Å². The Morgan fingerprint density at radius 2 is 1.67 bits per heavy atom. The molecule has 2 N–H and O–H groups in total. The van der Waals surface area contributed by atoms with E-state index in [9.17, 15) is 14.7 Å². The number of tetrazole rings is 1. The normalized spacial score (nSPS) is 11.9. The standard InChI is InChI=1S/C30H36N6O6/c1-7-40-17-23-31-25(30(5,6)39)24(27(37)41-18-42-28(38)29(2,3)4)36(23)16-19-12-14-20(15-13-19)21-10-8-9-11-22(21)26-32-34-35-33-26/h8-15,39H,7,16-18H2,1-6H3,(H,32,33,34,35). The molecule has 12 nitrogen and oxygen atoms in total. The molecule has 0 fully saturated rings. The van der Waals surface area contributed by atoms with E-state index in [2.05, 4.69) is 25.6 Å². The Morgan fingerprint density at radius 1 is 0.976 bits per heavy atom. The second kappa shape index (κ2) is 12.6. The fraction of sp³-hybridized carbons (Fsp3) is 0.400. The molecule has 0 aliphatic rings. The van der Waals surface area contributed by atoms with Crippen molar-refractivity contribution in [1.29, 1.82) is 0 Å². The van der Waals surface area contributed by atoms with Gasteiger partial charge in [0.1, 0.15) is 23.7 Å². The summed E-state index contributed by atoms with van der Waals surface area (Å²) < 4.78 is 17.8. The van der Waals surface area contributed by atoms with Crippen LogP contribution in [0.2, 0.25) is 0 Å². The third-order valence-corrected chi connectivity index (χ3v) is 6.37. The largest absolute Gasteiger partial charge is 0.427 e. The number of esters is 2. The minimum Gasteiger partial charge on any atom is -0.427 e. The number of rotatable bonds is 11. The first kappa shape index (κ1) is 30.5. The number of hydrogen-bond donors (Lipinski definition) is 2. The van der Waals surface area contributed by atoms with E-state index in [1.54, 1.807) is 25.3 Å². The molecule has 0 radical (unpaired) electrons. The van der Waals surface area contributed by atoms with E-state index in [1.165, 1.54) is 13.8 Å². The number of aromatic amines is 1. The molecule has 4 rings (SSSR count). The van der Waals surface area contributed by atoms with Gasteiger partial charge in [0.05, 0.1) is 5.41 Å². The van der Waals surface area contributed by atoms with Crippen LogP contribution in [0.15, 0.2) is 48.5 Å². The molecule has 0 bridgehead atoms. The first-order chi connectivity index (χ1) is 19.9. The lowest BCUT2D eigenvalue weighted by Crippen LogP contribution is -2.27. The highest BCUT2D eigenvalue weighted by Gasteiger charge is 2.33. The van der Waals surface area contributed by atoms with Gasteiger partial charge in [-0.3, -0.25) is 4.79 Å². The molecule has 2 aromatic heterocycles. The Labute approximate surface area is 244 Å². The molecule has 0 aliphatic carbocycles. The average molecular weight is 577 g/mol. The van der Waals surface area contributed by atoms with Gasteiger partial charge in [-0.1, -0.05) is 48.5 Å². The van der Waals surface area contributed by atoms with Crippen molar-refractivity contribution >= 4 is 11.9 Å². The monoisotopic (exact) mass is 576 g/mol. The van der Waals surface area contributed by atoms with Crippen LogP contribution in [0, 0.1) is 5.41 Å². The number of nitrogens with one attached hydrogen (secondary N) is 1. The average Bonchev–Trinajstić information content (AvgIpc) is 3.60. The fourth-order valence-electron chi connectivity index (χ4n) is 4.21. The lowest BCUT2D eigenvalue weighted by molar-refractivity contribution is -0.161. The number of ether oxygens (including phenoxy) is 3. The lowest BCUT2D eigenvalue weighted by atomic mass is 9.98. The summed E-state index contributed by atoms with van der Waals surface area (Å²) in [5, 5.41) is 25.3. The molecule has 12 heteroatoms. The van der Waals surface area contributed by atoms with E-state index in [-0.39, 0.29) is 24.5 Å². The molecular weight excluding hydrogens is 540 g/mol. The minimum absolute atomic E-state index is 0.0514. The van der Waals surface area contributed by atoms with Gasteiger partial charge in [0, 0.05) is 18.7 Å². The van der Waals surface area contributed by atoms with Crippen molar-refractivity contribution in [2.75, 3.05) is 13.4 Å². The van der Waals surface area contributed by atoms with Gasteiger partial charge in [0.2, 0.25) is 12.6 Å². The number of carbonyl (C=O) groups is 2. The van der Waals surface area contributed by atoms with Crippen LogP contribution in [0.25, 0.3) is 22.5 Å². The highest BCUT2D eigenvalue weighted by atomic mass is 16.7. The first-order valence-corrected chi connectivity index (χ1v) is 13.6. The molecule has 2 heterocycles. The number of nitrogens with zero attached hydrogens (tertiary/aromatic N) is 5. The van der Waals surface area contributed by atoms with Gasteiger partial charge in [-0.25, -0.2) is 9.78 Å². The lowest BCUT2D eigenvalue weighted by Gasteiger charge is -2.19. The van der Waals surface area contributed by atoms with Crippen LogP contribution in [0.4, 0.5) is 0 Å². The summed E-state index contributed by atoms with van der Waals surface area (Å²) in [4.78, 5) is 30.1. The maximum Gasteiger partial charge on any atom is 0.359 e. The van der Waals surface area contributed by atoms with Crippen LogP contribution in [0.5, 0.6) is 0 Å². The van der Waals surface area contributed by atoms with Gasteiger partial charge in [0.15, 0.2) is 5.69 Å². The summed E-state index contributed by atoms with van der Waals surface area (Å²) >= 11 is 0. The predicted octanol–water partition coefficient (Wildman–Crippen LogP) is 4.25. The predicted molar refractivity (Wildman–Crippen MR) is 153 cm³/mol. The van der Waals surface area contributed by atoms with Gasteiger partial charge in [0.25, 0.3) is 0 Å². The van der Waals surface area contributed by atoms with E-state index < -0.39 is 29.7 Å². The molecule has 0 saturated heterocycles. The highest BCUT2D eigenvalue weighted by molar-refractivity contribution is 5.89. The highest BCUT2D eigenvalue weighted by Crippen LogP contribution is 2.31. The Kier molecular flexibility index (Phi) is 9.17. The Balaban J connectivity index is 1.66. The SMILES string of the molecule is CCOCc1nc(C(C)(C)O)c(C(=O)OCOC(=O)C(C)(C)C)n1Cc1ccc(-c2ccccc2-c2nn[nH]n2)cc1. The zero-order chi connectivity index (χ0) is 30.5. The molecule has 4 aromatic rings. The molecule has 0 unspecified atom stereocenters. The summed E-state index contributed by atoms with van der Waals surface area (Å²) in [6, 6.07) is 15.6. The van der Waals surface area contributed by atoms with E-state index in [1.807, 2.05) is 55.5 Å². The molecular formula is C30H36N6O6. The van der Waals surface area contributed by atoms with Crippen LogP contribution >= 0.6 is 0 Å². The number of H-pyrrole nitrogens is 1. The van der Waals surface area contributed by atoms with Gasteiger partial charge < -0.3 is 23.9 Å². The third-order valence-electron chi connectivity index (χ3n) is 6.37. The van der Waals surface area contributed by atoms with Gasteiger partial charge in [-0.2, -0.15) is 5.21 Å². The van der Waals surface area contributed by atoms with E-state index in [4.69, 9.17) is 14.2 Å². The zero-order valence-electron chi connectivity index (χ0n) is 24.7. The molecule has 0 saturated carbocycles. The Hall–Kier alpha value is -4.42. The molecule has 2 aromatic carbocycles. The van der Waals surface area contributed by atoms with Crippen molar-refractivity contribution in [3.05, 3.63) is 71.3 Å². The van der Waals surface area contributed by atoms with Crippen molar-refractivity contribution in [3.63, 3.8) is 0 Å². The van der Waals surface area contributed by atoms with Crippen molar-refractivity contribution in [3.8, 4) is 22.5 Å². The van der Waals surface area contributed by atoms with Gasteiger partial charge >= 0.3 is 11.9 Å². The van der Waals surface area contributed by atoms with Gasteiger partial charge in [-0.15, -0.1) is 10.2 Å². The van der Waals surface area contributed by atoms with Crippen LogP contribution in [0.1, 0.15) is 69.1 Å². The van der Waals surface area contributed by atoms with E-state index >= 15 is 0 Å². The quantitative estimate of drug-likeness (QED) is 0.196. The number of hydrogen-bond acceptors (Lipinski definition) is 10. The number of imidazole rings is 1. The van der Waals surface area contributed by atoms with Crippen LogP contribution in [-0.2, 0) is 37.8 Å². The Morgan fingerprint density at radius 3 is 2.26 bits per heavy atom. The maximum atomic E-state index is 13.4. The summed E-state index contributed by atoms with van der Waals surface area (Å²) in [5.74, 6) is -0.359. The number of benzene rings is 2. The summed E-state index contributed by atoms with van der Waals surface area (Å²) in [7, 11) is 0. The molecule has 0 amide bonds. The first-order valence-electron chi connectivity index (χ1n) is 13.6. The molecule has 0 spiro atoms. The summed E-state index contributed by atoms with van der Waals surface area (Å²) in [6.45, 7) is 10.3. The maximum absolute atomic E-state index is 13.4. The van der Waals surface area contributed by atoms with Crippen molar-refractivity contribution in [2.24, 2.45) is 5.41 Å². The third kappa shape index (κ3) is 7.07. The van der Waals surface area contributed by atoms with Crippen LogP contribution in [-0.4, -0.2) is 60.6 Å². The molecule has 0 atom stereocenters. The molecule has 222 valence electrons. The topological polar surface area (TPSA) is 154 Å². The number of aliphatic hydroxyl groups is 1. The van der Waals surface area contributed by atoms with Crippen molar-refractivity contribution in [2.45, 2.75) is 60.3 Å². The van der Waals surface area contributed by atoms with Crippen LogP contribution in [0.3, 0.4) is 0 Å². The van der Waals surface area contributed by atoms with E-state index in [0.29, 0.717) is 18.3 Å². The second-order valence-corrected chi connectivity index (χ2v) is 11.2. The number of carbonyl (C=O) groups excluding carboxylic acids is 2. The van der Waals surface area contributed by atoms with Crippen LogP contribution < -0.4 is 0 Å². The Bertz CT molecular complexity index is 1520. The zero-order valence-corrected chi connectivity index (χ0v) is 24.7. The smallest absolute Gasteiger partial charge is 0.359 e. The summed E-state index contributed by atoms with van der Waals surface area (Å²) in [6.07, 6.45) is 0. The van der Waals surface area contributed by atoms with Gasteiger partial charge in [-0.05, 0) is 63.4 Å². The molecule has 0 aliphatic heterocycles. The molecule has 42 heavy (non-hydrogen) atoms. The number of aromatic nitrogens is 6. The van der Waals surface area contributed by atoms with Crippen molar-refractivity contribution < 1.29 is 28.9 Å².